The topological polar surface area (TPSA) is 232 Å². The smallest absolute Gasteiger partial charge is 0.400 e. The van der Waals surface area contributed by atoms with Crippen molar-refractivity contribution >= 4 is 34.3 Å². The molecule has 0 amide bonds. The van der Waals surface area contributed by atoms with Gasteiger partial charge in [0, 0.05) is 28.4 Å². The molecule has 0 aromatic carbocycles. The predicted molar refractivity (Wildman–Crippen MR) is 139 cm³/mol. The summed E-state index contributed by atoms with van der Waals surface area (Å²) in [7, 11) is 1.64. The van der Waals surface area contributed by atoms with Gasteiger partial charge in [-0.1, -0.05) is 0 Å². The van der Waals surface area contributed by atoms with Crippen LogP contribution in [-0.4, -0.2) is 150 Å². The Hall–Kier alpha value is -2.57. The lowest BCUT2D eigenvalue weighted by molar-refractivity contribution is -0.343. The van der Waals surface area contributed by atoms with Crippen LogP contribution in [0.2, 0.25) is 0 Å². The Balaban J connectivity index is 2.10. The minimum absolute atomic E-state index is 0.543. The molecule has 2 unspecified atom stereocenters. The summed E-state index contributed by atoms with van der Waals surface area (Å²) in [6, 6.07) is 0. The number of carbonyl (C=O) groups excluding carboxylic acids is 4. The van der Waals surface area contributed by atoms with E-state index in [4.69, 9.17) is 65.2 Å². The number of hydrogen-bond acceptors (Lipinski definition) is 20. The van der Waals surface area contributed by atoms with Gasteiger partial charge in [0.05, 0.1) is 40.6 Å². The number of methoxy groups -OCH3 is 6. The van der Waals surface area contributed by atoms with Gasteiger partial charge in [0.25, 0.3) is 0 Å². The molecule has 0 aromatic rings. The summed E-state index contributed by atoms with van der Waals surface area (Å²) in [5.41, 5.74) is -5.19. The molecule has 0 saturated carbocycles. The minimum Gasteiger partial charge on any atom is -0.466 e. The molecule has 2 heterocycles. The van der Waals surface area contributed by atoms with E-state index in [0.717, 1.165) is 28.4 Å². The molecule has 0 N–H and O–H groups in total. The van der Waals surface area contributed by atoms with Crippen molar-refractivity contribution in [2.24, 2.45) is 0 Å². The van der Waals surface area contributed by atoms with Crippen LogP contribution in [0.1, 0.15) is 13.8 Å². The molecule has 2 aliphatic heterocycles. The second kappa shape index (κ2) is 15.8. The zero-order valence-corrected chi connectivity index (χ0v) is 26.8. The van der Waals surface area contributed by atoms with Crippen molar-refractivity contribution in [3.63, 3.8) is 0 Å². The molecular weight excluding hydrogens is 640 g/mol. The van der Waals surface area contributed by atoms with E-state index in [1.54, 1.807) is 0 Å². The Morgan fingerprint density at radius 1 is 0.622 bits per heavy atom. The van der Waals surface area contributed by atoms with Crippen molar-refractivity contribution in [3.05, 3.63) is 0 Å². The van der Waals surface area contributed by atoms with Gasteiger partial charge in [-0.2, -0.15) is 8.42 Å². The zero-order valence-electron chi connectivity index (χ0n) is 26.0. The van der Waals surface area contributed by atoms with Crippen LogP contribution in [0, 0.1) is 0 Å². The first-order chi connectivity index (χ1) is 21.1. The van der Waals surface area contributed by atoms with Crippen molar-refractivity contribution in [1.29, 1.82) is 0 Å². The van der Waals surface area contributed by atoms with Gasteiger partial charge in [-0.05, 0) is 13.8 Å². The number of ether oxygens (including phenoxy) is 12. The summed E-state index contributed by atoms with van der Waals surface area (Å²) in [5, 5.41) is 0. The Morgan fingerprint density at radius 2 is 0.933 bits per heavy atom. The van der Waals surface area contributed by atoms with Crippen LogP contribution >= 0.6 is 0 Å². The van der Waals surface area contributed by atoms with Gasteiger partial charge in [-0.25, -0.2) is 27.5 Å². The van der Waals surface area contributed by atoms with Crippen LogP contribution in [-0.2, 0) is 94.8 Å². The summed E-state index contributed by atoms with van der Waals surface area (Å²) < 4.78 is 96.7. The Kier molecular flexibility index (Phi) is 13.6. The van der Waals surface area contributed by atoms with Gasteiger partial charge >= 0.3 is 45.5 Å². The Morgan fingerprint density at radius 3 is 1.18 bits per heavy atom. The third-order valence-electron chi connectivity index (χ3n) is 6.71. The standard InChI is InChI=1S/C24H38O20S/c1-21(23(35-7,17(25)33-5)19(27)37-13-31-3)39-9-15(10-40-21)43-45(29,30)44-16-11-41-22(2,42-12-16)24(36-8,18(26)34-6)20(28)38-14-32-4/h15-16H,9-14H2,1-8H3. The highest BCUT2D eigenvalue weighted by atomic mass is 32.3. The van der Waals surface area contributed by atoms with Crippen LogP contribution < -0.4 is 0 Å². The molecule has 0 aliphatic carbocycles. The van der Waals surface area contributed by atoms with E-state index in [2.05, 4.69) is 0 Å². The molecule has 0 spiro atoms. The fraction of sp³-hybridized carbons (Fsp3) is 0.833. The molecule has 0 bridgehead atoms. The maximum atomic E-state index is 12.8. The Bertz CT molecular complexity index is 1060. The summed E-state index contributed by atoms with van der Waals surface area (Å²) in [5.74, 6) is -9.33. The molecule has 2 atom stereocenters. The van der Waals surface area contributed by atoms with Gasteiger partial charge in [0.15, 0.2) is 13.6 Å². The van der Waals surface area contributed by atoms with E-state index in [1.165, 1.54) is 28.1 Å². The van der Waals surface area contributed by atoms with Crippen LogP contribution in [0.5, 0.6) is 0 Å². The van der Waals surface area contributed by atoms with Crippen LogP contribution in [0.4, 0.5) is 0 Å². The lowest BCUT2D eigenvalue weighted by Gasteiger charge is -2.45. The fourth-order valence-corrected chi connectivity index (χ4v) is 5.32. The van der Waals surface area contributed by atoms with Crippen molar-refractivity contribution < 1.29 is 92.8 Å². The van der Waals surface area contributed by atoms with Crippen molar-refractivity contribution in [2.45, 2.75) is 48.8 Å². The third-order valence-corrected chi connectivity index (χ3v) is 7.73. The van der Waals surface area contributed by atoms with Gasteiger partial charge in [0.2, 0.25) is 11.6 Å². The fourth-order valence-electron chi connectivity index (χ4n) is 4.39. The molecule has 2 rings (SSSR count). The molecule has 0 radical (unpaired) electrons. The summed E-state index contributed by atoms with van der Waals surface area (Å²) in [6.07, 6.45) is -2.67. The highest BCUT2D eigenvalue weighted by Gasteiger charge is 2.68. The van der Waals surface area contributed by atoms with E-state index < -0.39 is 109 Å². The van der Waals surface area contributed by atoms with Crippen LogP contribution in [0.25, 0.3) is 0 Å². The Labute approximate surface area is 258 Å². The maximum absolute atomic E-state index is 12.8. The van der Waals surface area contributed by atoms with Crippen LogP contribution in [0.3, 0.4) is 0 Å². The number of hydrogen-bond donors (Lipinski definition) is 0. The summed E-state index contributed by atoms with van der Waals surface area (Å²) in [4.78, 5) is 51.0. The number of carbonyl (C=O) groups is 4. The normalized spacial score (nSPS) is 28.2. The van der Waals surface area contributed by atoms with Gasteiger partial charge in [0.1, 0.15) is 12.2 Å². The number of rotatable bonds is 16. The lowest BCUT2D eigenvalue weighted by Crippen LogP contribution is -2.69. The molecule has 2 saturated heterocycles. The predicted octanol–water partition coefficient (Wildman–Crippen LogP) is -2.06. The van der Waals surface area contributed by atoms with Gasteiger partial charge in [-0.15, -0.1) is 0 Å². The minimum atomic E-state index is -4.82. The van der Waals surface area contributed by atoms with Crippen molar-refractivity contribution in [1.82, 2.24) is 0 Å². The molecule has 21 heteroatoms. The largest absolute Gasteiger partial charge is 0.466 e. The lowest BCUT2D eigenvalue weighted by atomic mass is 9.92. The van der Waals surface area contributed by atoms with E-state index in [1.807, 2.05) is 0 Å². The van der Waals surface area contributed by atoms with E-state index >= 15 is 0 Å². The molecule has 2 aliphatic rings. The maximum Gasteiger partial charge on any atom is 0.400 e. The quantitative estimate of drug-likeness (QED) is 0.0739. The van der Waals surface area contributed by atoms with Gasteiger partial charge in [-0.3, -0.25) is 0 Å². The first-order valence-corrected chi connectivity index (χ1v) is 14.2. The van der Waals surface area contributed by atoms with Crippen LogP contribution in [0.15, 0.2) is 0 Å². The highest BCUT2D eigenvalue weighted by Crippen LogP contribution is 2.38. The van der Waals surface area contributed by atoms with Crippen molar-refractivity contribution in [2.75, 3.05) is 82.7 Å². The van der Waals surface area contributed by atoms with Crippen molar-refractivity contribution in [3.8, 4) is 0 Å². The molecule has 45 heavy (non-hydrogen) atoms. The SMILES string of the molecule is COCOC(=O)C(OC)(C(=O)OC)C1(C)OCC(OS(=O)(=O)OC2COC(C)(C(OC)(C(=O)OC)C(=O)OCOC)OC2)CO1. The third kappa shape index (κ3) is 7.71. The first kappa shape index (κ1) is 38.6. The van der Waals surface area contributed by atoms with E-state index in [9.17, 15) is 27.6 Å². The monoisotopic (exact) mass is 678 g/mol. The highest BCUT2D eigenvalue weighted by molar-refractivity contribution is 7.81. The second-order valence-electron chi connectivity index (χ2n) is 9.41. The summed E-state index contributed by atoms with van der Waals surface area (Å²) in [6.45, 7) is -0.924. The summed E-state index contributed by atoms with van der Waals surface area (Å²) >= 11 is 0. The van der Waals surface area contributed by atoms with E-state index in [-0.39, 0.29) is 0 Å². The molecule has 2 fully saturated rings. The van der Waals surface area contributed by atoms with Gasteiger partial charge < -0.3 is 56.8 Å². The molecule has 260 valence electrons. The first-order valence-electron chi connectivity index (χ1n) is 12.9. The zero-order chi connectivity index (χ0) is 34.1. The average Bonchev–Trinajstić information content (AvgIpc) is 3.01. The molecule has 0 aromatic heterocycles. The van der Waals surface area contributed by atoms with E-state index in [0.29, 0.717) is 0 Å². The molecule has 20 nitrogen and oxygen atoms in total. The number of esters is 4. The molecular formula is C24H38O20S. The average molecular weight is 679 g/mol. The second-order valence-corrected chi connectivity index (χ2v) is 10.6.